The minimum atomic E-state index is -2.85. The average molecular weight is 305 g/mol. The summed E-state index contributed by atoms with van der Waals surface area (Å²) in [7, 11) is 0. The van der Waals surface area contributed by atoms with Crippen LogP contribution in [0.5, 0.6) is 0 Å². The van der Waals surface area contributed by atoms with Crippen molar-refractivity contribution in [2.75, 3.05) is 0 Å². The summed E-state index contributed by atoms with van der Waals surface area (Å²) in [5.74, 6) is -2.85. The molecule has 86 valence electrons. The van der Waals surface area contributed by atoms with E-state index in [1.165, 1.54) is 0 Å². The molecular weight excluding hydrogens is 299 g/mol. The average Bonchev–Trinajstić information content (AvgIpc) is 2.28. The Morgan fingerprint density at radius 1 is 1.18 bits per heavy atom. The number of hydrogen-bond donors (Lipinski definition) is 0. The van der Waals surface area contributed by atoms with Gasteiger partial charge >= 0.3 is 0 Å². The van der Waals surface area contributed by atoms with E-state index in [2.05, 4.69) is 9.51 Å². The van der Waals surface area contributed by atoms with Gasteiger partial charge in [0.25, 0.3) is 5.91 Å². The summed E-state index contributed by atoms with van der Waals surface area (Å²) in [6, 6.07) is 11.1. The van der Waals surface area contributed by atoms with Gasteiger partial charge in [-0.3, -0.25) is 0 Å². The van der Waals surface area contributed by atoms with Gasteiger partial charge in [0.15, 0.2) is 5.16 Å². The van der Waals surface area contributed by atoms with E-state index >= 15 is 0 Å². The van der Waals surface area contributed by atoms with E-state index in [1.54, 1.807) is 12.1 Å². The number of rotatable bonds is 1. The molecule has 17 heavy (non-hydrogen) atoms. The number of nitriles is 1. The zero-order valence-corrected chi connectivity index (χ0v) is 11.5. The van der Waals surface area contributed by atoms with Gasteiger partial charge in [0, 0.05) is 5.56 Å². The Kier molecular flexibility index (Phi) is 3.61. The molecule has 0 aliphatic carbocycles. The smallest absolute Gasteiger partial charge is 0.215 e. The van der Waals surface area contributed by atoms with E-state index in [0.717, 1.165) is 5.56 Å². The third kappa shape index (κ3) is 2.73. The van der Waals surface area contributed by atoms with Gasteiger partial charge in [-0.05, 0) is 22.5 Å². The van der Waals surface area contributed by atoms with Gasteiger partial charge in [-0.25, -0.2) is 9.51 Å². The van der Waals surface area contributed by atoms with Crippen LogP contribution in [0.2, 0.25) is 0 Å². The predicted octanol–water partition coefficient (Wildman–Crippen LogP) is 4.89. The quantitative estimate of drug-likeness (QED) is 0.538. The van der Waals surface area contributed by atoms with Crippen LogP contribution < -0.4 is 0 Å². The molecule has 0 unspecified atom stereocenters. The fourth-order valence-corrected chi connectivity index (χ4v) is 3.75. The molecule has 0 atom stereocenters. The molecule has 1 heterocycles. The van der Waals surface area contributed by atoms with Gasteiger partial charge in [0.1, 0.15) is 11.6 Å². The van der Waals surface area contributed by atoms with Gasteiger partial charge in [0.05, 0.1) is 5.71 Å². The van der Waals surface area contributed by atoms with Crippen molar-refractivity contribution in [1.82, 2.24) is 0 Å². The maximum atomic E-state index is 9.06. The molecule has 0 bridgehead atoms. The lowest BCUT2D eigenvalue weighted by molar-refractivity contribution is 1.43. The Hall–Kier alpha value is -0.780. The van der Waals surface area contributed by atoms with Crippen molar-refractivity contribution in [3.8, 4) is 6.07 Å². The van der Waals surface area contributed by atoms with Crippen molar-refractivity contribution in [3.05, 3.63) is 46.6 Å². The second-order valence-electron chi connectivity index (χ2n) is 3.15. The summed E-state index contributed by atoms with van der Waals surface area (Å²) in [4.78, 5) is 0. The largest absolute Gasteiger partial charge is 0.254 e. The lowest BCUT2D eigenvalue weighted by atomic mass is 10.0. The molecule has 1 aromatic rings. The number of allylic oxidation sites excluding steroid dienone is 1. The highest BCUT2D eigenvalue weighted by Crippen LogP contribution is 2.65. The molecule has 0 spiro atoms. The minimum absolute atomic E-state index is 0.0136. The Balaban J connectivity index is 2.66. The van der Waals surface area contributed by atoms with Crippen LogP contribution in [-0.4, -0.2) is 5.71 Å². The standard InChI is InChI=1S/C10H5Cl3N3P/c11-10-8(6-14)9(15-17(12,13)16-10)7-4-2-1-3-5-7/h1-5H. The molecule has 7 heteroatoms. The monoisotopic (exact) mass is 303 g/mol. The molecule has 0 saturated carbocycles. The van der Waals surface area contributed by atoms with Crippen LogP contribution in [0.25, 0.3) is 0 Å². The Labute approximate surface area is 113 Å². The lowest BCUT2D eigenvalue weighted by Crippen LogP contribution is -2.06. The summed E-state index contributed by atoms with van der Waals surface area (Å²) < 4.78 is 7.93. The molecule has 0 N–H and O–H groups in total. The third-order valence-corrected chi connectivity index (χ3v) is 4.21. The second kappa shape index (κ2) is 4.84. The molecule has 3 nitrogen and oxygen atoms in total. The van der Waals surface area contributed by atoms with E-state index in [0.29, 0.717) is 5.71 Å². The van der Waals surface area contributed by atoms with Crippen molar-refractivity contribution in [2.24, 2.45) is 9.51 Å². The zero-order chi connectivity index (χ0) is 12.5. The van der Waals surface area contributed by atoms with Gasteiger partial charge in [-0.1, -0.05) is 41.9 Å². The molecule has 2 rings (SSSR count). The first-order valence-corrected chi connectivity index (χ1v) is 8.39. The van der Waals surface area contributed by atoms with Crippen molar-refractivity contribution in [3.63, 3.8) is 0 Å². The topological polar surface area (TPSA) is 48.5 Å². The number of nitrogens with zero attached hydrogens (tertiary/aromatic N) is 3. The van der Waals surface area contributed by atoms with Crippen molar-refractivity contribution in [2.45, 2.75) is 0 Å². The molecule has 1 aliphatic rings. The van der Waals surface area contributed by atoms with E-state index in [-0.39, 0.29) is 10.7 Å². The van der Waals surface area contributed by atoms with Crippen LogP contribution in [-0.2, 0) is 0 Å². The molecule has 0 saturated heterocycles. The Morgan fingerprint density at radius 2 is 1.82 bits per heavy atom. The summed E-state index contributed by atoms with van der Waals surface area (Å²) >= 11 is 17.7. The fourth-order valence-electron chi connectivity index (χ4n) is 1.34. The van der Waals surface area contributed by atoms with E-state index in [4.69, 9.17) is 39.3 Å². The molecule has 0 amide bonds. The highest BCUT2D eigenvalue weighted by atomic mass is 35.9. The van der Waals surface area contributed by atoms with E-state index < -0.39 is 5.91 Å². The number of benzene rings is 1. The van der Waals surface area contributed by atoms with Gasteiger partial charge in [0.2, 0.25) is 0 Å². The van der Waals surface area contributed by atoms with Gasteiger partial charge < -0.3 is 0 Å². The molecule has 1 aromatic carbocycles. The van der Waals surface area contributed by atoms with Gasteiger partial charge in [-0.15, -0.1) is 0 Å². The maximum Gasteiger partial charge on any atom is 0.254 e. The molecule has 0 fully saturated rings. The van der Waals surface area contributed by atoms with E-state index in [1.807, 2.05) is 24.3 Å². The van der Waals surface area contributed by atoms with Crippen molar-refractivity contribution < 1.29 is 0 Å². The van der Waals surface area contributed by atoms with Gasteiger partial charge in [-0.2, -0.15) is 5.26 Å². The third-order valence-electron chi connectivity index (χ3n) is 2.03. The zero-order valence-electron chi connectivity index (χ0n) is 8.31. The van der Waals surface area contributed by atoms with Crippen molar-refractivity contribution in [1.29, 1.82) is 5.26 Å². The van der Waals surface area contributed by atoms with Crippen molar-refractivity contribution >= 4 is 45.7 Å². The molecule has 1 aliphatic heterocycles. The molecule has 0 radical (unpaired) electrons. The fraction of sp³-hybridized carbons (Fsp3) is 0. The highest BCUT2D eigenvalue weighted by Gasteiger charge is 2.24. The number of hydrogen-bond acceptors (Lipinski definition) is 3. The van der Waals surface area contributed by atoms with Crippen LogP contribution in [0.1, 0.15) is 5.56 Å². The highest BCUT2D eigenvalue weighted by molar-refractivity contribution is 8.09. The van der Waals surface area contributed by atoms with Crippen LogP contribution >= 0.6 is 40.0 Å². The van der Waals surface area contributed by atoms with Crippen LogP contribution in [0.15, 0.2) is 50.6 Å². The first-order valence-electron chi connectivity index (χ1n) is 4.51. The van der Waals surface area contributed by atoms with E-state index in [9.17, 15) is 0 Å². The normalized spacial score (nSPS) is 18.1. The van der Waals surface area contributed by atoms with Crippen LogP contribution in [0.4, 0.5) is 0 Å². The summed E-state index contributed by atoms with van der Waals surface area (Å²) in [5.41, 5.74) is 1.32. The second-order valence-corrected chi connectivity index (χ2v) is 8.16. The lowest BCUT2D eigenvalue weighted by Gasteiger charge is -2.14. The minimum Gasteiger partial charge on any atom is -0.215 e. The summed E-state index contributed by atoms with van der Waals surface area (Å²) in [6.45, 7) is 0. The Morgan fingerprint density at radius 3 is 2.41 bits per heavy atom. The molecule has 0 aromatic heterocycles. The number of halogens is 3. The maximum absolute atomic E-state index is 9.06. The first kappa shape index (κ1) is 12.7. The predicted molar refractivity (Wildman–Crippen MR) is 72.5 cm³/mol. The Bertz CT molecular complexity index is 607. The van der Waals surface area contributed by atoms with Crippen LogP contribution in [0, 0.1) is 11.3 Å². The summed E-state index contributed by atoms with van der Waals surface area (Å²) in [6.07, 6.45) is 0. The van der Waals surface area contributed by atoms with Crippen LogP contribution in [0.3, 0.4) is 0 Å². The first-order chi connectivity index (χ1) is 8.03. The SMILES string of the molecule is N#CC1=C(Cl)N=P(Cl)(Cl)N=C1c1ccccc1. The molecular formula is C10H5Cl3N3P. The summed E-state index contributed by atoms with van der Waals surface area (Å²) in [5, 5.41) is 9.07.